The van der Waals surface area contributed by atoms with Crippen molar-refractivity contribution >= 4 is 47.6 Å². The minimum Gasteiger partial charge on any atom is -0.493 e. The predicted molar refractivity (Wildman–Crippen MR) is 127 cm³/mol. The molecule has 0 aliphatic carbocycles. The lowest BCUT2D eigenvalue weighted by molar-refractivity contribution is 0.103. The zero-order valence-corrected chi connectivity index (χ0v) is 19.8. The molecule has 0 fully saturated rings. The van der Waals surface area contributed by atoms with E-state index in [1.807, 2.05) is 0 Å². The molecule has 165 valence electrons. The Morgan fingerprint density at radius 2 is 1.31 bits per heavy atom. The van der Waals surface area contributed by atoms with Gasteiger partial charge in [0, 0.05) is 5.56 Å². The van der Waals surface area contributed by atoms with Crippen LogP contribution in [0.5, 0.6) is 11.5 Å². The number of hydrogen-bond acceptors (Lipinski definition) is 5. The molecule has 0 amide bonds. The van der Waals surface area contributed by atoms with Crippen LogP contribution in [0.1, 0.15) is 40.1 Å². The van der Waals surface area contributed by atoms with Gasteiger partial charge in [-0.05, 0) is 50.2 Å². The summed E-state index contributed by atoms with van der Waals surface area (Å²) in [5, 5.41) is 0.271. The highest BCUT2D eigenvalue weighted by atomic mass is 35.5. The monoisotopic (exact) mass is 489 g/mol. The molecule has 1 unspecified atom stereocenters. The Bertz CT molecular complexity index is 1150. The SMILES string of the molecule is CCOc1cccc(OCC)c1C(=O)c1ccccc1[P](=O)C(=O)c1c(Cl)cccc1Cl. The number of rotatable bonds is 9. The van der Waals surface area contributed by atoms with Crippen molar-refractivity contribution in [3.63, 3.8) is 0 Å². The van der Waals surface area contributed by atoms with E-state index in [-0.39, 0.29) is 32.0 Å². The van der Waals surface area contributed by atoms with E-state index < -0.39 is 19.1 Å². The van der Waals surface area contributed by atoms with Crippen molar-refractivity contribution in [2.45, 2.75) is 13.8 Å². The normalized spacial score (nSPS) is 11.1. The van der Waals surface area contributed by atoms with Crippen molar-refractivity contribution in [3.05, 3.63) is 87.4 Å². The zero-order valence-electron chi connectivity index (χ0n) is 17.4. The highest BCUT2D eigenvalue weighted by molar-refractivity contribution is 7.71. The van der Waals surface area contributed by atoms with Crippen molar-refractivity contribution in [2.24, 2.45) is 0 Å². The molecular weight excluding hydrogens is 470 g/mol. The molecule has 32 heavy (non-hydrogen) atoms. The van der Waals surface area contributed by atoms with Crippen LogP contribution in [0.2, 0.25) is 10.0 Å². The topological polar surface area (TPSA) is 69.7 Å². The Balaban J connectivity index is 2.11. The van der Waals surface area contributed by atoms with E-state index in [9.17, 15) is 14.2 Å². The van der Waals surface area contributed by atoms with Gasteiger partial charge in [0.2, 0.25) is 11.3 Å². The summed E-state index contributed by atoms with van der Waals surface area (Å²) in [4.78, 5) is 26.6. The van der Waals surface area contributed by atoms with Gasteiger partial charge >= 0.3 is 0 Å². The van der Waals surface area contributed by atoms with Gasteiger partial charge in [-0.25, -0.2) is 0 Å². The van der Waals surface area contributed by atoms with Crippen molar-refractivity contribution in [2.75, 3.05) is 13.2 Å². The molecule has 0 aliphatic rings. The molecule has 0 aliphatic heterocycles. The van der Waals surface area contributed by atoms with Crippen LogP contribution in [-0.4, -0.2) is 24.5 Å². The molecular formula is C24H20Cl2O5P. The predicted octanol–water partition coefficient (Wildman–Crippen LogP) is 6.31. The van der Waals surface area contributed by atoms with Gasteiger partial charge in [0.25, 0.3) is 0 Å². The fraction of sp³-hybridized carbons (Fsp3) is 0.167. The lowest BCUT2D eigenvalue weighted by atomic mass is 10.0. The van der Waals surface area contributed by atoms with Crippen LogP contribution in [0.15, 0.2) is 60.7 Å². The van der Waals surface area contributed by atoms with Crippen molar-refractivity contribution in [1.82, 2.24) is 0 Å². The molecule has 3 aromatic rings. The lowest BCUT2D eigenvalue weighted by Crippen LogP contribution is -2.17. The Morgan fingerprint density at radius 1 is 0.781 bits per heavy atom. The summed E-state index contributed by atoms with van der Waals surface area (Å²) < 4.78 is 24.6. The van der Waals surface area contributed by atoms with Crippen LogP contribution in [0.25, 0.3) is 0 Å². The van der Waals surface area contributed by atoms with E-state index in [1.54, 1.807) is 50.2 Å². The average Bonchev–Trinajstić information content (AvgIpc) is 2.78. The number of ether oxygens (including phenoxy) is 2. The third-order valence-corrected chi connectivity index (χ3v) is 6.59. The Hall–Kier alpha value is -2.72. The van der Waals surface area contributed by atoms with E-state index in [0.717, 1.165) is 0 Å². The van der Waals surface area contributed by atoms with Crippen LogP contribution < -0.4 is 14.8 Å². The van der Waals surface area contributed by atoms with Gasteiger partial charge in [-0.1, -0.05) is 47.5 Å². The number of carbonyl (C=O) groups is 2. The molecule has 0 heterocycles. The molecule has 0 spiro atoms. The van der Waals surface area contributed by atoms with Gasteiger partial charge in [0.1, 0.15) is 17.1 Å². The smallest absolute Gasteiger partial charge is 0.249 e. The quantitative estimate of drug-likeness (QED) is 0.260. The first kappa shape index (κ1) is 23.9. The van der Waals surface area contributed by atoms with Gasteiger partial charge in [-0.15, -0.1) is 0 Å². The number of ketones is 1. The first-order chi connectivity index (χ1) is 15.4. The van der Waals surface area contributed by atoms with Crippen molar-refractivity contribution in [3.8, 4) is 11.5 Å². The molecule has 0 saturated heterocycles. The minimum absolute atomic E-state index is 0.0380. The van der Waals surface area contributed by atoms with E-state index >= 15 is 0 Å². The van der Waals surface area contributed by atoms with Crippen molar-refractivity contribution in [1.29, 1.82) is 0 Å². The van der Waals surface area contributed by atoms with Crippen LogP contribution >= 0.6 is 31.0 Å². The summed E-state index contributed by atoms with van der Waals surface area (Å²) in [6.07, 6.45) is 0. The van der Waals surface area contributed by atoms with Crippen LogP contribution in [0, 0.1) is 0 Å². The number of hydrogen-bond donors (Lipinski definition) is 0. The first-order valence-corrected chi connectivity index (χ1v) is 11.9. The van der Waals surface area contributed by atoms with Crippen molar-refractivity contribution < 1.29 is 23.6 Å². The molecule has 3 rings (SSSR count). The average molecular weight is 490 g/mol. The number of carbonyl (C=O) groups excluding carboxylic acids is 2. The summed E-state index contributed by atoms with van der Waals surface area (Å²) >= 11 is 12.3. The molecule has 1 radical (unpaired) electrons. The van der Waals surface area contributed by atoms with Crippen LogP contribution in [0.4, 0.5) is 0 Å². The molecule has 0 N–H and O–H groups in total. The maximum atomic E-state index is 13.6. The molecule has 0 aromatic heterocycles. The molecule has 5 nitrogen and oxygen atoms in total. The Morgan fingerprint density at radius 3 is 1.88 bits per heavy atom. The molecule has 8 heteroatoms. The van der Waals surface area contributed by atoms with Gasteiger partial charge in [-0.3, -0.25) is 14.2 Å². The highest BCUT2D eigenvalue weighted by Crippen LogP contribution is 2.37. The van der Waals surface area contributed by atoms with Gasteiger partial charge < -0.3 is 9.47 Å². The van der Waals surface area contributed by atoms with Crippen LogP contribution in [-0.2, 0) is 4.57 Å². The molecule has 0 bridgehead atoms. The first-order valence-electron chi connectivity index (χ1n) is 9.88. The molecule has 1 atom stereocenters. The highest BCUT2D eigenvalue weighted by Gasteiger charge is 2.29. The second kappa shape index (κ2) is 10.7. The Labute approximate surface area is 197 Å². The minimum atomic E-state index is -2.68. The molecule has 3 aromatic carbocycles. The fourth-order valence-electron chi connectivity index (χ4n) is 3.18. The van der Waals surface area contributed by atoms with Crippen LogP contribution in [0.3, 0.4) is 0 Å². The molecule has 0 saturated carbocycles. The van der Waals surface area contributed by atoms with Gasteiger partial charge in [-0.2, -0.15) is 0 Å². The second-order valence-corrected chi connectivity index (χ2v) is 8.83. The summed E-state index contributed by atoms with van der Waals surface area (Å²) in [6, 6.07) is 15.9. The third kappa shape index (κ3) is 4.86. The van der Waals surface area contributed by atoms with E-state index in [0.29, 0.717) is 24.7 Å². The van der Waals surface area contributed by atoms with Gasteiger partial charge in [0.15, 0.2) is 7.80 Å². The zero-order chi connectivity index (χ0) is 23.3. The Kier molecular flexibility index (Phi) is 8.03. The van der Waals surface area contributed by atoms with Gasteiger partial charge in [0.05, 0.1) is 34.1 Å². The third-order valence-electron chi connectivity index (χ3n) is 4.54. The largest absolute Gasteiger partial charge is 0.493 e. The maximum Gasteiger partial charge on any atom is 0.249 e. The van der Waals surface area contributed by atoms with E-state index in [1.165, 1.54) is 24.3 Å². The van der Waals surface area contributed by atoms with E-state index in [2.05, 4.69) is 0 Å². The van der Waals surface area contributed by atoms with E-state index in [4.69, 9.17) is 32.7 Å². The number of benzene rings is 3. The summed E-state index contributed by atoms with van der Waals surface area (Å²) in [7, 11) is -2.68. The fourth-order valence-corrected chi connectivity index (χ4v) is 5.16. The maximum absolute atomic E-state index is 13.6. The second-order valence-electron chi connectivity index (χ2n) is 6.54. The summed E-state index contributed by atoms with van der Waals surface area (Å²) in [5.74, 6) is 0.220. The summed E-state index contributed by atoms with van der Waals surface area (Å²) in [6.45, 7) is 4.29. The standard InChI is InChI=1S/C24H20Cl2O5P/c1-3-30-18-12-8-13-19(31-4-2)22(18)23(27)15-9-5-6-14-20(15)32(29)24(28)21-16(25)10-7-11-17(21)26/h5-14H,3-4H2,1-2H3. The number of halogens is 2. The lowest BCUT2D eigenvalue weighted by Gasteiger charge is -2.15. The summed E-state index contributed by atoms with van der Waals surface area (Å²) in [5.41, 5.74) is -0.476.